The van der Waals surface area contributed by atoms with Crippen LogP contribution in [-0.2, 0) is 10.8 Å². The molecule has 2 spiro atoms. The summed E-state index contributed by atoms with van der Waals surface area (Å²) >= 11 is 0. The maximum absolute atomic E-state index is 2.70. The summed E-state index contributed by atoms with van der Waals surface area (Å²) in [6, 6.07) is 55.1. The third-order valence-corrected chi connectivity index (χ3v) is 18.4. The fourth-order valence-corrected chi connectivity index (χ4v) is 16.7. The summed E-state index contributed by atoms with van der Waals surface area (Å²) in [5.41, 5.74) is 19.2. The molecule has 10 unspecified atom stereocenters. The van der Waals surface area contributed by atoms with Crippen molar-refractivity contribution in [3.05, 3.63) is 162 Å². The fourth-order valence-electron chi connectivity index (χ4n) is 16.7. The number of hydrogen-bond donors (Lipinski definition) is 0. The molecule has 0 radical (unpaired) electrons. The average molecular weight is 766 g/mol. The number of rotatable bonds is 4. The summed E-state index contributed by atoms with van der Waals surface area (Å²) in [5.74, 6) is 6.70. The molecule has 8 saturated carbocycles. The molecule has 0 amide bonds. The lowest BCUT2D eigenvalue weighted by atomic mass is 9.51. The summed E-state index contributed by atoms with van der Waals surface area (Å²) < 4.78 is 0. The predicted molar refractivity (Wildman–Crippen MR) is 242 cm³/mol. The average Bonchev–Trinajstić information content (AvgIpc) is 3.49. The third-order valence-electron chi connectivity index (χ3n) is 18.4. The molecule has 0 saturated heterocycles. The van der Waals surface area contributed by atoms with Crippen LogP contribution >= 0.6 is 0 Å². The van der Waals surface area contributed by atoms with Gasteiger partial charge < -0.3 is 4.90 Å². The van der Waals surface area contributed by atoms with Gasteiger partial charge in [-0.05, 0) is 204 Å². The number of hydrogen-bond acceptors (Lipinski definition) is 1. The van der Waals surface area contributed by atoms with Crippen molar-refractivity contribution < 1.29 is 0 Å². The summed E-state index contributed by atoms with van der Waals surface area (Å²) in [6.45, 7) is 0. The minimum absolute atomic E-state index is 0.123. The minimum atomic E-state index is 0.123. The van der Waals surface area contributed by atoms with Gasteiger partial charge in [0.05, 0.1) is 0 Å². The number of nitrogens with zero attached hydrogens (tertiary/aromatic N) is 1. The van der Waals surface area contributed by atoms with Crippen molar-refractivity contribution >= 4 is 17.1 Å². The van der Waals surface area contributed by atoms with E-state index in [0.29, 0.717) is 0 Å². The van der Waals surface area contributed by atoms with Crippen molar-refractivity contribution in [2.45, 2.75) is 87.9 Å². The van der Waals surface area contributed by atoms with Crippen molar-refractivity contribution in [1.29, 1.82) is 0 Å². The quantitative estimate of drug-likeness (QED) is 0.173. The first-order valence-electron chi connectivity index (χ1n) is 23.6. The molecule has 6 aromatic carbocycles. The van der Waals surface area contributed by atoms with Crippen LogP contribution < -0.4 is 4.90 Å². The molecule has 8 bridgehead atoms. The number of benzene rings is 6. The van der Waals surface area contributed by atoms with Gasteiger partial charge in [-0.15, -0.1) is 0 Å². The zero-order chi connectivity index (χ0) is 38.5. The molecule has 0 N–H and O–H groups in total. The first-order chi connectivity index (χ1) is 29.2. The Kier molecular flexibility index (Phi) is 7.09. The standard InChI is InChI=1S/C58H55N/c1-2-8-40(9-3-1)41-16-20-46(21-17-41)59(47-23-25-55-52(34-47)50-11-5-7-13-54(50)57(55)42-18-14-36-26-38(30-42)32-44(57)28-36)48-22-24-51-49-10-4-6-12-53(49)58(56(51)35-48)43-19-15-37-27-39(31-43)33-45(58)29-37/h1-13,16-17,20-25,34-39,42-45H,14-15,18-19,26-33H2. The van der Waals surface area contributed by atoms with Crippen LogP contribution in [0.1, 0.15) is 99.3 Å². The Balaban J connectivity index is 0.965. The lowest BCUT2D eigenvalue weighted by Gasteiger charge is -2.53. The molecule has 16 rings (SSSR count). The van der Waals surface area contributed by atoms with Crippen molar-refractivity contribution in [2.75, 3.05) is 4.90 Å². The first-order valence-corrected chi connectivity index (χ1v) is 23.6. The van der Waals surface area contributed by atoms with Gasteiger partial charge in [-0.1, -0.05) is 116 Å². The van der Waals surface area contributed by atoms with Gasteiger partial charge in [0, 0.05) is 27.9 Å². The van der Waals surface area contributed by atoms with Gasteiger partial charge in [0.15, 0.2) is 0 Å². The lowest BCUT2D eigenvalue weighted by Crippen LogP contribution is -2.48. The van der Waals surface area contributed by atoms with Crippen molar-refractivity contribution in [1.82, 2.24) is 0 Å². The second-order valence-corrected chi connectivity index (χ2v) is 20.8. The highest BCUT2D eigenvalue weighted by molar-refractivity contribution is 5.90. The van der Waals surface area contributed by atoms with Crippen LogP contribution in [-0.4, -0.2) is 0 Å². The Bertz CT molecular complexity index is 2630. The highest BCUT2D eigenvalue weighted by Crippen LogP contribution is 2.70. The summed E-state index contributed by atoms with van der Waals surface area (Å²) in [6.07, 6.45) is 17.1. The van der Waals surface area contributed by atoms with Crippen molar-refractivity contribution in [3.8, 4) is 33.4 Å². The third kappa shape index (κ3) is 4.53. The molecule has 59 heavy (non-hydrogen) atoms. The molecule has 8 fully saturated rings. The smallest absolute Gasteiger partial charge is 0.0468 e. The molecule has 0 aliphatic heterocycles. The van der Waals surface area contributed by atoms with E-state index in [9.17, 15) is 0 Å². The molecule has 0 aromatic heterocycles. The molecule has 292 valence electrons. The molecule has 10 atom stereocenters. The second kappa shape index (κ2) is 12.3. The summed E-state index contributed by atoms with van der Waals surface area (Å²) in [4.78, 5) is 2.63. The highest BCUT2D eigenvalue weighted by Gasteiger charge is 2.61. The monoisotopic (exact) mass is 765 g/mol. The highest BCUT2D eigenvalue weighted by atomic mass is 15.1. The van der Waals surface area contributed by atoms with Gasteiger partial charge in [-0.3, -0.25) is 0 Å². The summed E-state index contributed by atoms with van der Waals surface area (Å²) in [7, 11) is 0. The van der Waals surface area contributed by atoms with Crippen molar-refractivity contribution in [3.63, 3.8) is 0 Å². The topological polar surface area (TPSA) is 3.24 Å². The van der Waals surface area contributed by atoms with E-state index in [0.717, 1.165) is 47.3 Å². The second-order valence-electron chi connectivity index (χ2n) is 20.8. The Morgan fingerprint density at radius 1 is 0.322 bits per heavy atom. The zero-order valence-corrected chi connectivity index (χ0v) is 34.3. The Morgan fingerprint density at radius 2 is 0.797 bits per heavy atom. The Hall–Kier alpha value is -4.88. The molecule has 6 aromatic rings. The van der Waals surface area contributed by atoms with Crippen LogP contribution in [0.5, 0.6) is 0 Å². The normalized spacial score (nSPS) is 33.4. The van der Waals surface area contributed by atoms with Gasteiger partial charge in [0.1, 0.15) is 0 Å². The molecule has 0 heterocycles. The predicted octanol–water partition coefficient (Wildman–Crippen LogP) is 15.0. The number of fused-ring (bicyclic) bond motifs is 8. The minimum Gasteiger partial charge on any atom is -0.310 e. The van der Waals surface area contributed by atoms with Gasteiger partial charge in [-0.2, -0.15) is 0 Å². The molecular weight excluding hydrogens is 711 g/mol. The van der Waals surface area contributed by atoms with Crippen LogP contribution in [0, 0.1) is 47.3 Å². The molecular formula is C58H55N. The van der Waals surface area contributed by atoms with E-state index < -0.39 is 0 Å². The number of anilines is 3. The van der Waals surface area contributed by atoms with Gasteiger partial charge in [-0.25, -0.2) is 0 Å². The first kappa shape index (κ1) is 33.9. The van der Waals surface area contributed by atoms with Crippen LogP contribution in [0.2, 0.25) is 0 Å². The van der Waals surface area contributed by atoms with Crippen LogP contribution in [0.25, 0.3) is 33.4 Å². The fraction of sp³-hybridized carbons (Fsp3) is 0.379. The SMILES string of the molecule is c1ccc(-c2ccc(N(c3ccc4c(c3)-c3ccccc3C43C4CCC5CC(C4)CC3C5)c3ccc4c(c3)C3(c5ccccc5-4)C4CCC5CC(C4)CC3C5)cc2)cc1. The maximum Gasteiger partial charge on any atom is 0.0468 e. The Labute approximate surface area is 350 Å². The van der Waals surface area contributed by atoms with Crippen molar-refractivity contribution in [2.24, 2.45) is 47.3 Å². The molecule has 1 nitrogen and oxygen atoms in total. The summed E-state index contributed by atoms with van der Waals surface area (Å²) in [5, 5.41) is 0. The van der Waals surface area contributed by atoms with E-state index >= 15 is 0 Å². The van der Waals surface area contributed by atoms with Crippen LogP contribution in [0.3, 0.4) is 0 Å². The van der Waals surface area contributed by atoms with E-state index in [1.54, 1.807) is 22.3 Å². The molecule has 10 aliphatic rings. The van der Waals surface area contributed by atoms with Gasteiger partial charge >= 0.3 is 0 Å². The van der Waals surface area contributed by atoms with Crippen LogP contribution in [0.15, 0.2) is 140 Å². The van der Waals surface area contributed by atoms with Gasteiger partial charge in [0.2, 0.25) is 0 Å². The lowest BCUT2D eigenvalue weighted by molar-refractivity contribution is 0.0617. The van der Waals surface area contributed by atoms with E-state index in [-0.39, 0.29) is 10.8 Å². The largest absolute Gasteiger partial charge is 0.310 e. The maximum atomic E-state index is 2.70. The molecule has 10 aliphatic carbocycles. The molecule has 1 heteroatoms. The van der Waals surface area contributed by atoms with E-state index in [1.165, 1.54) is 127 Å². The Morgan fingerprint density at radius 3 is 1.47 bits per heavy atom. The van der Waals surface area contributed by atoms with E-state index in [4.69, 9.17) is 0 Å². The van der Waals surface area contributed by atoms with Crippen LogP contribution in [0.4, 0.5) is 17.1 Å². The zero-order valence-electron chi connectivity index (χ0n) is 34.3. The van der Waals surface area contributed by atoms with Gasteiger partial charge in [0.25, 0.3) is 0 Å². The van der Waals surface area contributed by atoms with E-state index in [1.807, 2.05) is 0 Å². The van der Waals surface area contributed by atoms with E-state index in [2.05, 4.69) is 144 Å².